The lowest BCUT2D eigenvalue weighted by molar-refractivity contribution is -0.525. The third-order valence-electron chi connectivity index (χ3n) is 4.85. The van der Waals surface area contributed by atoms with Gasteiger partial charge < -0.3 is 14.6 Å². The first-order chi connectivity index (χ1) is 9.98. The fourth-order valence-electron chi connectivity index (χ4n) is 3.10. The summed E-state index contributed by atoms with van der Waals surface area (Å²) >= 11 is 0. The van der Waals surface area contributed by atoms with Gasteiger partial charge in [-0.25, -0.2) is 0 Å². The largest absolute Gasteiger partial charge is 0.449 e. The number of hydrogen-bond acceptors (Lipinski definition) is 3. The van der Waals surface area contributed by atoms with Crippen LogP contribution in [0.5, 0.6) is 0 Å². The van der Waals surface area contributed by atoms with Crippen LogP contribution in [0.3, 0.4) is 0 Å². The quantitative estimate of drug-likeness (QED) is 0.777. The first-order valence-electron chi connectivity index (χ1n) is 7.51. The molecule has 3 atom stereocenters. The van der Waals surface area contributed by atoms with Crippen LogP contribution in [-0.4, -0.2) is 34.9 Å². The standard InChI is InChI=1S/C14H21F5O3/c1-3-11(2)12(15,16)13(20,14(17,18)19)22-10(21-11)9-7-5-4-6-8-9/h9-10,20H,3-8H2,1-2H3. The second-order valence-electron chi connectivity index (χ2n) is 6.30. The molecule has 0 aromatic heterocycles. The van der Waals surface area contributed by atoms with Gasteiger partial charge in [-0.05, 0) is 26.2 Å². The summed E-state index contributed by atoms with van der Waals surface area (Å²) in [6.45, 7) is 2.19. The monoisotopic (exact) mass is 332 g/mol. The van der Waals surface area contributed by atoms with E-state index in [0.29, 0.717) is 12.8 Å². The van der Waals surface area contributed by atoms with Gasteiger partial charge >= 0.3 is 17.9 Å². The zero-order valence-corrected chi connectivity index (χ0v) is 12.6. The van der Waals surface area contributed by atoms with Crippen molar-refractivity contribution in [3.05, 3.63) is 0 Å². The van der Waals surface area contributed by atoms with Gasteiger partial charge in [-0.3, -0.25) is 0 Å². The maximum Gasteiger partial charge on any atom is 0.449 e. The third-order valence-corrected chi connectivity index (χ3v) is 4.85. The van der Waals surface area contributed by atoms with Crippen molar-refractivity contribution in [3.63, 3.8) is 0 Å². The smallest absolute Gasteiger partial charge is 0.354 e. The summed E-state index contributed by atoms with van der Waals surface area (Å²) < 4.78 is 77.7. The Morgan fingerprint density at radius 1 is 1.09 bits per heavy atom. The first kappa shape index (κ1) is 17.9. The van der Waals surface area contributed by atoms with Crippen LogP contribution in [0.25, 0.3) is 0 Å². The van der Waals surface area contributed by atoms with E-state index in [2.05, 4.69) is 4.74 Å². The molecule has 0 radical (unpaired) electrons. The van der Waals surface area contributed by atoms with E-state index in [4.69, 9.17) is 4.74 Å². The van der Waals surface area contributed by atoms with Crippen LogP contribution in [0.4, 0.5) is 22.0 Å². The summed E-state index contributed by atoms with van der Waals surface area (Å²) in [5.41, 5.74) is -2.45. The van der Waals surface area contributed by atoms with Crippen LogP contribution in [0, 0.1) is 5.92 Å². The SMILES string of the molecule is CCC1(C)OC(C2CCCCC2)OC(O)(C(F)(F)F)C1(F)F. The molecule has 3 nitrogen and oxygen atoms in total. The highest BCUT2D eigenvalue weighted by atomic mass is 19.4. The topological polar surface area (TPSA) is 38.7 Å². The molecular formula is C14H21F5O3. The fourth-order valence-corrected chi connectivity index (χ4v) is 3.10. The Bertz CT molecular complexity index is 408. The van der Waals surface area contributed by atoms with Gasteiger partial charge in [-0.15, -0.1) is 0 Å². The van der Waals surface area contributed by atoms with Gasteiger partial charge in [-0.2, -0.15) is 22.0 Å². The van der Waals surface area contributed by atoms with E-state index in [1.165, 1.54) is 6.92 Å². The zero-order chi connectivity index (χ0) is 16.8. The summed E-state index contributed by atoms with van der Waals surface area (Å²) in [4.78, 5) is 0. The van der Waals surface area contributed by atoms with Crippen molar-refractivity contribution in [1.29, 1.82) is 0 Å². The van der Waals surface area contributed by atoms with Gasteiger partial charge in [0.2, 0.25) is 0 Å². The molecule has 3 unspecified atom stereocenters. The van der Waals surface area contributed by atoms with Gasteiger partial charge in [0, 0.05) is 5.92 Å². The van der Waals surface area contributed by atoms with Crippen LogP contribution in [0.2, 0.25) is 0 Å². The number of alkyl halides is 5. The van der Waals surface area contributed by atoms with Gasteiger partial charge in [-0.1, -0.05) is 26.2 Å². The Hall–Kier alpha value is -0.470. The molecule has 1 aliphatic carbocycles. The molecule has 2 aliphatic rings. The number of rotatable bonds is 2. The van der Waals surface area contributed by atoms with Crippen LogP contribution in [0.15, 0.2) is 0 Å². The van der Waals surface area contributed by atoms with Crippen molar-refractivity contribution in [2.24, 2.45) is 5.92 Å². The predicted octanol–water partition coefficient (Wildman–Crippen LogP) is 3.99. The normalized spacial score (nSPS) is 40.6. The van der Waals surface area contributed by atoms with Gasteiger partial charge in [0.05, 0.1) is 0 Å². The minimum absolute atomic E-state index is 0.384. The number of aliphatic hydroxyl groups is 1. The molecule has 1 aliphatic heterocycles. The number of halogens is 5. The third kappa shape index (κ3) is 2.53. The van der Waals surface area contributed by atoms with Crippen LogP contribution >= 0.6 is 0 Å². The molecule has 0 aromatic rings. The van der Waals surface area contributed by atoms with Crippen molar-refractivity contribution in [1.82, 2.24) is 0 Å². The second-order valence-corrected chi connectivity index (χ2v) is 6.30. The Labute approximate surface area is 125 Å². The van der Waals surface area contributed by atoms with E-state index in [9.17, 15) is 27.1 Å². The Balaban J connectivity index is 2.39. The lowest BCUT2D eigenvalue weighted by atomic mass is 9.83. The van der Waals surface area contributed by atoms with E-state index in [0.717, 1.165) is 26.2 Å². The molecule has 1 heterocycles. The highest BCUT2D eigenvalue weighted by molar-refractivity contribution is 5.06. The maximum absolute atomic E-state index is 14.3. The molecular weight excluding hydrogens is 311 g/mol. The second kappa shape index (κ2) is 5.56. The van der Waals surface area contributed by atoms with Crippen molar-refractivity contribution in [3.8, 4) is 0 Å². The molecule has 22 heavy (non-hydrogen) atoms. The molecule has 1 N–H and O–H groups in total. The maximum atomic E-state index is 14.3. The van der Waals surface area contributed by atoms with E-state index in [1.54, 1.807) is 0 Å². The highest BCUT2D eigenvalue weighted by Crippen LogP contribution is 2.55. The summed E-state index contributed by atoms with van der Waals surface area (Å²) in [6.07, 6.45) is -3.94. The average Bonchev–Trinajstić information content (AvgIpc) is 2.44. The Morgan fingerprint density at radius 3 is 2.09 bits per heavy atom. The minimum Gasteiger partial charge on any atom is -0.354 e. The van der Waals surface area contributed by atoms with Crippen molar-refractivity contribution >= 4 is 0 Å². The van der Waals surface area contributed by atoms with Crippen LogP contribution < -0.4 is 0 Å². The van der Waals surface area contributed by atoms with Gasteiger partial charge in [0.15, 0.2) is 6.29 Å². The van der Waals surface area contributed by atoms with Crippen molar-refractivity contribution < 1.29 is 36.5 Å². The molecule has 0 spiro atoms. The fraction of sp³-hybridized carbons (Fsp3) is 1.00. The number of hydrogen-bond donors (Lipinski definition) is 1. The summed E-state index contributed by atoms with van der Waals surface area (Å²) in [5.74, 6) is -9.58. The van der Waals surface area contributed by atoms with Gasteiger partial charge in [0.25, 0.3) is 0 Å². The molecule has 0 bridgehead atoms. The van der Waals surface area contributed by atoms with Gasteiger partial charge in [0.1, 0.15) is 5.60 Å². The van der Waals surface area contributed by atoms with Crippen LogP contribution in [-0.2, 0) is 9.47 Å². The molecule has 2 rings (SSSR count). The summed E-state index contributed by atoms with van der Waals surface area (Å²) in [5, 5.41) is 9.73. The van der Waals surface area contributed by atoms with Crippen LogP contribution in [0.1, 0.15) is 52.4 Å². The van der Waals surface area contributed by atoms with E-state index in [-0.39, 0.29) is 6.42 Å². The molecule has 0 amide bonds. The minimum atomic E-state index is -5.62. The van der Waals surface area contributed by atoms with Crippen molar-refractivity contribution in [2.45, 2.75) is 82.1 Å². The van der Waals surface area contributed by atoms with Crippen molar-refractivity contribution in [2.75, 3.05) is 0 Å². The molecule has 130 valence electrons. The summed E-state index contributed by atoms with van der Waals surface area (Å²) in [7, 11) is 0. The Morgan fingerprint density at radius 2 is 1.64 bits per heavy atom. The van der Waals surface area contributed by atoms with E-state index >= 15 is 0 Å². The molecule has 1 saturated heterocycles. The molecule has 0 aromatic carbocycles. The zero-order valence-electron chi connectivity index (χ0n) is 12.6. The average molecular weight is 332 g/mol. The lowest BCUT2D eigenvalue weighted by Crippen LogP contribution is -2.75. The molecule has 2 fully saturated rings. The molecule has 8 heteroatoms. The first-order valence-corrected chi connectivity index (χ1v) is 7.51. The van der Waals surface area contributed by atoms with E-state index < -0.39 is 35.7 Å². The summed E-state index contributed by atoms with van der Waals surface area (Å²) in [6, 6.07) is 0. The predicted molar refractivity (Wildman–Crippen MR) is 67.2 cm³/mol. The van der Waals surface area contributed by atoms with E-state index in [1.807, 2.05) is 0 Å². The lowest BCUT2D eigenvalue weighted by Gasteiger charge is -2.53. The highest BCUT2D eigenvalue weighted by Gasteiger charge is 2.80. The molecule has 1 saturated carbocycles. The Kier molecular flexibility index (Phi) is 4.52. The number of ether oxygens (including phenoxy) is 2.